The van der Waals surface area contributed by atoms with Crippen LogP contribution in [0.4, 0.5) is 5.69 Å². The molecule has 0 spiro atoms. The fourth-order valence-corrected chi connectivity index (χ4v) is 2.55. The van der Waals surface area contributed by atoms with E-state index in [9.17, 15) is 20.0 Å². The molecule has 1 aliphatic carbocycles. The maximum Gasteiger partial charge on any atom is 0.339 e. The number of benzene rings is 1. The van der Waals surface area contributed by atoms with E-state index in [1.807, 2.05) is 0 Å². The standard InChI is InChI=1S/C14H17NO6/c1-20-9-4-2-5-10(8-9)21-13-11(14(16)17)6-3-7-12(13)15(18)19/h3,6-7,9-10H,2,4-5,8H2,1H3,(H,16,17). The fraction of sp³-hybridized carbons (Fsp3) is 0.500. The molecule has 0 aromatic heterocycles. The summed E-state index contributed by atoms with van der Waals surface area (Å²) in [5.74, 6) is -1.41. The van der Waals surface area contributed by atoms with E-state index in [0.717, 1.165) is 19.3 Å². The Labute approximate surface area is 121 Å². The van der Waals surface area contributed by atoms with E-state index < -0.39 is 10.9 Å². The van der Waals surface area contributed by atoms with E-state index in [1.165, 1.54) is 18.2 Å². The number of carbonyl (C=O) groups is 1. The molecule has 2 rings (SSSR count). The number of aromatic carboxylic acids is 1. The number of ether oxygens (including phenoxy) is 2. The summed E-state index contributed by atoms with van der Waals surface area (Å²) in [5, 5.41) is 20.2. The number of nitro groups is 1. The van der Waals surface area contributed by atoms with Crippen molar-refractivity contribution in [3.63, 3.8) is 0 Å². The monoisotopic (exact) mass is 295 g/mol. The predicted octanol–water partition coefficient (Wildman–Crippen LogP) is 2.63. The third-order valence-electron chi connectivity index (χ3n) is 3.62. The van der Waals surface area contributed by atoms with E-state index >= 15 is 0 Å². The van der Waals surface area contributed by atoms with Gasteiger partial charge >= 0.3 is 11.7 Å². The molecule has 114 valence electrons. The van der Waals surface area contributed by atoms with Crippen molar-refractivity contribution in [2.75, 3.05) is 7.11 Å². The number of methoxy groups -OCH3 is 1. The summed E-state index contributed by atoms with van der Waals surface area (Å²) in [7, 11) is 1.61. The molecule has 0 bridgehead atoms. The van der Waals surface area contributed by atoms with E-state index in [2.05, 4.69) is 0 Å². The molecule has 0 saturated heterocycles. The molecule has 0 heterocycles. The summed E-state index contributed by atoms with van der Waals surface area (Å²) in [4.78, 5) is 21.7. The van der Waals surface area contributed by atoms with Crippen molar-refractivity contribution < 1.29 is 24.3 Å². The molecular weight excluding hydrogens is 278 g/mol. The van der Waals surface area contributed by atoms with E-state index in [1.54, 1.807) is 7.11 Å². The van der Waals surface area contributed by atoms with Gasteiger partial charge in [-0.1, -0.05) is 6.07 Å². The first-order valence-electron chi connectivity index (χ1n) is 6.73. The Bertz CT molecular complexity index is 512. The summed E-state index contributed by atoms with van der Waals surface area (Å²) < 4.78 is 11.0. The first-order valence-corrected chi connectivity index (χ1v) is 6.73. The van der Waals surface area contributed by atoms with Gasteiger partial charge in [0, 0.05) is 19.6 Å². The highest BCUT2D eigenvalue weighted by Gasteiger charge is 2.29. The topological polar surface area (TPSA) is 98.9 Å². The minimum Gasteiger partial charge on any atom is -0.483 e. The summed E-state index contributed by atoms with van der Waals surface area (Å²) in [6.45, 7) is 0. The Morgan fingerprint density at radius 1 is 1.38 bits per heavy atom. The molecule has 1 aliphatic rings. The van der Waals surface area contributed by atoms with Crippen LogP contribution in [0.3, 0.4) is 0 Å². The van der Waals surface area contributed by atoms with Gasteiger partial charge in [-0.05, 0) is 25.3 Å². The third kappa shape index (κ3) is 3.49. The highest BCUT2D eigenvalue weighted by atomic mass is 16.6. The minimum atomic E-state index is -1.24. The van der Waals surface area contributed by atoms with Crippen molar-refractivity contribution in [3.8, 4) is 5.75 Å². The van der Waals surface area contributed by atoms with Crippen molar-refractivity contribution in [1.82, 2.24) is 0 Å². The lowest BCUT2D eigenvalue weighted by molar-refractivity contribution is -0.386. The molecular formula is C14H17NO6. The van der Waals surface area contributed by atoms with Gasteiger partial charge in [0.15, 0.2) is 0 Å². The van der Waals surface area contributed by atoms with Crippen LogP contribution in [0.2, 0.25) is 0 Å². The molecule has 2 atom stereocenters. The minimum absolute atomic E-state index is 0.0415. The summed E-state index contributed by atoms with van der Waals surface area (Å²) >= 11 is 0. The van der Waals surface area contributed by atoms with Crippen LogP contribution in [-0.2, 0) is 4.74 Å². The second-order valence-electron chi connectivity index (χ2n) is 4.98. The Hall–Kier alpha value is -2.15. The summed E-state index contributed by atoms with van der Waals surface area (Å²) in [5.41, 5.74) is -0.516. The van der Waals surface area contributed by atoms with Crippen LogP contribution in [0.15, 0.2) is 18.2 Å². The molecule has 7 nitrogen and oxygen atoms in total. The van der Waals surface area contributed by atoms with Gasteiger partial charge in [0.2, 0.25) is 5.75 Å². The largest absolute Gasteiger partial charge is 0.483 e. The van der Waals surface area contributed by atoms with Gasteiger partial charge in [-0.15, -0.1) is 0 Å². The summed E-state index contributed by atoms with van der Waals surface area (Å²) in [6.07, 6.45) is 2.89. The Morgan fingerprint density at radius 2 is 2.10 bits per heavy atom. The van der Waals surface area contributed by atoms with Gasteiger partial charge < -0.3 is 14.6 Å². The lowest BCUT2D eigenvalue weighted by Crippen LogP contribution is -2.30. The van der Waals surface area contributed by atoms with E-state index in [-0.39, 0.29) is 29.2 Å². The molecule has 1 aromatic rings. The van der Waals surface area contributed by atoms with E-state index in [0.29, 0.717) is 6.42 Å². The molecule has 21 heavy (non-hydrogen) atoms. The molecule has 0 radical (unpaired) electrons. The number of carboxylic acids is 1. The maximum absolute atomic E-state index is 11.2. The van der Waals surface area contributed by atoms with Crippen LogP contribution in [0.1, 0.15) is 36.0 Å². The van der Waals surface area contributed by atoms with Crippen LogP contribution in [0.5, 0.6) is 5.75 Å². The third-order valence-corrected chi connectivity index (χ3v) is 3.62. The number of rotatable bonds is 5. The van der Waals surface area contributed by atoms with Gasteiger partial charge in [-0.3, -0.25) is 10.1 Å². The van der Waals surface area contributed by atoms with Crippen LogP contribution in [0.25, 0.3) is 0 Å². The number of para-hydroxylation sites is 1. The van der Waals surface area contributed by atoms with Crippen molar-refractivity contribution in [1.29, 1.82) is 0 Å². The molecule has 2 unspecified atom stereocenters. The fourth-order valence-electron chi connectivity index (χ4n) is 2.55. The smallest absolute Gasteiger partial charge is 0.339 e. The van der Waals surface area contributed by atoms with E-state index in [4.69, 9.17) is 9.47 Å². The highest BCUT2D eigenvalue weighted by Crippen LogP contribution is 2.34. The maximum atomic E-state index is 11.2. The van der Waals surface area contributed by atoms with Crippen LogP contribution >= 0.6 is 0 Å². The lowest BCUT2D eigenvalue weighted by atomic mass is 9.95. The van der Waals surface area contributed by atoms with Crippen LogP contribution < -0.4 is 4.74 Å². The normalized spacial score (nSPS) is 21.8. The Balaban J connectivity index is 2.29. The molecule has 7 heteroatoms. The zero-order valence-corrected chi connectivity index (χ0v) is 11.7. The van der Waals surface area contributed by atoms with Gasteiger partial charge in [-0.2, -0.15) is 0 Å². The van der Waals surface area contributed by atoms with Crippen LogP contribution in [-0.4, -0.2) is 35.3 Å². The molecule has 0 amide bonds. The molecule has 1 saturated carbocycles. The Kier molecular flexibility index (Phi) is 4.74. The number of hydrogen-bond donors (Lipinski definition) is 1. The van der Waals surface area contributed by atoms with Crippen LogP contribution in [0, 0.1) is 10.1 Å². The average Bonchev–Trinajstić information content (AvgIpc) is 2.47. The van der Waals surface area contributed by atoms with Gasteiger partial charge in [0.05, 0.1) is 11.0 Å². The molecule has 0 aliphatic heterocycles. The Morgan fingerprint density at radius 3 is 2.71 bits per heavy atom. The SMILES string of the molecule is COC1CCCC(Oc2c(C(=O)O)cccc2[N+](=O)[O-])C1. The van der Waals surface area contributed by atoms with Gasteiger partial charge in [0.25, 0.3) is 0 Å². The molecule has 1 N–H and O–H groups in total. The first kappa shape index (κ1) is 15.2. The van der Waals surface area contributed by atoms with Gasteiger partial charge in [0.1, 0.15) is 11.7 Å². The predicted molar refractivity (Wildman–Crippen MR) is 73.7 cm³/mol. The number of carboxylic acid groups (broad SMARTS) is 1. The average molecular weight is 295 g/mol. The quantitative estimate of drug-likeness (QED) is 0.662. The number of nitro benzene ring substituents is 1. The number of hydrogen-bond acceptors (Lipinski definition) is 5. The van der Waals surface area contributed by atoms with Gasteiger partial charge in [-0.25, -0.2) is 4.79 Å². The zero-order chi connectivity index (χ0) is 15.4. The second-order valence-corrected chi connectivity index (χ2v) is 4.98. The van der Waals surface area contributed by atoms with Crippen molar-refractivity contribution in [2.24, 2.45) is 0 Å². The first-order chi connectivity index (χ1) is 10.0. The molecule has 1 aromatic carbocycles. The van der Waals surface area contributed by atoms with Crippen molar-refractivity contribution in [3.05, 3.63) is 33.9 Å². The number of nitrogens with zero attached hydrogens (tertiary/aromatic N) is 1. The highest BCUT2D eigenvalue weighted by molar-refractivity contribution is 5.92. The lowest BCUT2D eigenvalue weighted by Gasteiger charge is -2.28. The van der Waals surface area contributed by atoms with Crippen molar-refractivity contribution in [2.45, 2.75) is 37.9 Å². The summed E-state index contributed by atoms with van der Waals surface area (Å²) in [6, 6.07) is 3.90. The van der Waals surface area contributed by atoms with Crippen molar-refractivity contribution >= 4 is 11.7 Å². The molecule has 1 fully saturated rings. The second kappa shape index (κ2) is 6.53. The zero-order valence-electron chi connectivity index (χ0n) is 11.7.